The van der Waals surface area contributed by atoms with Gasteiger partial charge in [-0.2, -0.15) is 0 Å². The molecule has 0 radical (unpaired) electrons. The highest BCUT2D eigenvalue weighted by molar-refractivity contribution is 5.75. The number of nitrogens with zero attached hydrogens (tertiary/aromatic N) is 1. The number of H-pyrrole nitrogens is 1. The van der Waals surface area contributed by atoms with E-state index in [0.29, 0.717) is 0 Å². The van der Waals surface area contributed by atoms with Crippen LogP contribution in [0, 0.1) is 0 Å². The Labute approximate surface area is 63.8 Å². The van der Waals surface area contributed by atoms with Crippen molar-refractivity contribution in [1.82, 2.24) is 4.98 Å². The van der Waals surface area contributed by atoms with Crippen molar-refractivity contribution in [2.75, 3.05) is 0 Å². The van der Waals surface area contributed by atoms with Crippen LogP contribution >= 0.6 is 0 Å². The van der Waals surface area contributed by atoms with E-state index in [1.54, 1.807) is 6.21 Å². The first kappa shape index (κ1) is 7.33. The Morgan fingerprint density at radius 1 is 1.64 bits per heavy atom. The number of nitrogens with one attached hydrogen (secondary N) is 2. The molecule has 0 bridgehead atoms. The van der Waals surface area contributed by atoms with Crippen LogP contribution in [-0.4, -0.2) is 17.2 Å². The molecule has 1 rings (SSSR count). The number of nitrogens with two attached hydrogens (primary N) is 2. The fourth-order valence-corrected chi connectivity index (χ4v) is 0.610. The van der Waals surface area contributed by atoms with Crippen molar-refractivity contribution in [2.45, 2.75) is 0 Å². The Hall–Kier alpha value is -1.78. The molecule has 0 aliphatic carbocycles. The Kier molecular flexibility index (Phi) is 2.27. The number of aromatic nitrogens is 1. The fourth-order valence-electron chi connectivity index (χ4n) is 0.610. The first-order chi connectivity index (χ1) is 5.29. The first-order valence-corrected chi connectivity index (χ1v) is 3.10. The van der Waals surface area contributed by atoms with Gasteiger partial charge in [0.25, 0.3) is 5.96 Å². The molecule has 0 atom stereocenters. The van der Waals surface area contributed by atoms with Gasteiger partial charge in [-0.05, 0) is 12.1 Å². The Morgan fingerprint density at radius 3 is 3.00 bits per heavy atom. The van der Waals surface area contributed by atoms with Gasteiger partial charge >= 0.3 is 0 Å². The van der Waals surface area contributed by atoms with Gasteiger partial charge in [-0.3, -0.25) is 0 Å². The van der Waals surface area contributed by atoms with Crippen LogP contribution in [0.3, 0.4) is 0 Å². The molecule has 0 saturated carbocycles. The van der Waals surface area contributed by atoms with Gasteiger partial charge < -0.3 is 16.5 Å². The van der Waals surface area contributed by atoms with Crippen molar-refractivity contribution in [3.05, 3.63) is 24.0 Å². The summed E-state index contributed by atoms with van der Waals surface area (Å²) in [6.45, 7) is 0. The van der Waals surface area contributed by atoms with Crippen LogP contribution < -0.4 is 16.6 Å². The third-order valence-corrected chi connectivity index (χ3v) is 1.04. The topological polar surface area (TPSA) is 94.2 Å². The summed E-state index contributed by atoms with van der Waals surface area (Å²) in [6.07, 6.45) is 3.46. The van der Waals surface area contributed by atoms with E-state index in [1.165, 1.54) is 0 Å². The number of rotatable bonds is 2. The second kappa shape index (κ2) is 3.40. The number of hydrogen-bond acceptors (Lipinski definition) is 1. The number of hydrazone groups is 1. The zero-order valence-corrected chi connectivity index (χ0v) is 5.91. The van der Waals surface area contributed by atoms with E-state index in [9.17, 15) is 0 Å². The average molecular weight is 152 g/mol. The van der Waals surface area contributed by atoms with Crippen LogP contribution in [-0.2, 0) is 0 Å². The highest BCUT2D eigenvalue weighted by atomic mass is 15.3. The van der Waals surface area contributed by atoms with Gasteiger partial charge in [-0.1, -0.05) is 0 Å². The van der Waals surface area contributed by atoms with Crippen molar-refractivity contribution in [3.63, 3.8) is 0 Å². The van der Waals surface area contributed by atoms with Gasteiger partial charge in [0.2, 0.25) is 6.21 Å². The van der Waals surface area contributed by atoms with Crippen molar-refractivity contribution >= 4 is 12.2 Å². The summed E-state index contributed by atoms with van der Waals surface area (Å²) in [5, 5.41) is 6.12. The van der Waals surface area contributed by atoms with Crippen LogP contribution in [0.25, 0.3) is 0 Å². The molecule has 11 heavy (non-hydrogen) atoms. The average Bonchev–Trinajstić information content (AvgIpc) is 2.39. The lowest BCUT2D eigenvalue weighted by molar-refractivity contribution is -0.456. The molecule has 6 N–H and O–H groups in total. The van der Waals surface area contributed by atoms with Crippen molar-refractivity contribution < 1.29 is 5.10 Å². The quantitative estimate of drug-likeness (QED) is 0.218. The van der Waals surface area contributed by atoms with Crippen LogP contribution in [0.1, 0.15) is 5.69 Å². The van der Waals surface area contributed by atoms with Crippen molar-refractivity contribution in [1.29, 1.82) is 0 Å². The molecule has 0 saturated heterocycles. The van der Waals surface area contributed by atoms with Gasteiger partial charge in [0, 0.05) is 11.3 Å². The summed E-state index contributed by atoms with van der Waals surface area (Å²) in [5.74, 6) is 0.00723. The fraction of sp³-hybridized carbons (Fsp3) is 0. The van der Waals surface area contributed by atoms with Gasteiger partial charge in [-0.15, -0.1) is 5.10 Å². The predicted octanol–water partition coefficient (Wildman–Crippen LogP) is -2.30. The highest BCUT2D eigenvalue weighted by Crippen LogP contribution is 1.84. The molecule has 5 heteroatoms. The minimum atomic E-state index is 0.00723. The summed E-state index contributed by atoms with van der Waals surface area (Å²) in [5.41, 5.74) is 11.0. The monoisotopic (exact) mass is 152 g/mol. The molecule has 0 unspecified atom stereocenters. The second-order valence-electron chi connectivity index (χ2n) is 1.94. The Balaban J connectivity index is 2.56. The highest BCUT2D eigenvalue weighted by Gasteiger charge is 1.88. The molecule has 0 spiro atoms. The molecular weight excluding hydrogens is 142 g/mol. The van der Waals surface area contributed by atoms with Crippen LogP contribution in [0.15, 0.2) is 23.4 Å². The smallest absolute Gasteiger partial charge is 0.256 e. The third kappa shape index (κ3) is 2.53. The maximum atomic E-state index is 5.07. The number of guanidine groups is 1. The number of hydrogen-bond donors (Lipinski definition) is 4. The standard InChI is InChI=1S/C6H9N5/c7-6(8)11-10-4-5-2-1-3-9-5/h1-4,9H,(H4,7,8,11)/p+1/b10-4+. The molecule has 0 amide bonds. The summed E-state index contributed by atoms with van der Waals surface area (Å²) in [4.78, 5) is 2.94. The predicted molar refractivity (Wildman–Crippen MR) is 42.7 cm³/mol. The zero-order valence-electron chi connectivity index (χ0n) is 5.91. The van der Waals surface area contributed by atoms with Crippen LogP contribution in [0.4, 0.5) is 0 Å². The Morgan fingerprint density at radius 2 is 2.45 bits per heavy atom. The molecule has 1 heterocycles. The number of aromatic amines is 1. The van der Waals surface area contributed by atoms with Gasteiger partial charge in [0.1, 0.15) is 5.69 Å². The first-order valence-electron chi connectivity index (χ1n) is 3.10. The molecule has 58 valence electrons. The lowest BCUT2D eigenvalue weighted by atomic mass is 10.5. The van der Waals surface area contributed by atoms with Crippen molar-refractivity contribution in [3.8, 4) is 0 Å². The molecule has 0 aliphatic heterocycles. The second-order valence-corrected chi connectivity index (χ2v) is 1.94. The molecule has 1 aromatic heterocycles. The van der Waals surface area contributed by atoms with E-state index < -0.39 is 0 Å². The molecule has 0 aliphatic rings. The summed E-state index contributed by atoms with van der Waals surface area (Å²) < 4.78 is 0. The minimum absolute atomic E-state index is 0.00723. The molecule has 0 fully saturated rings. The zero-order chi connectivity index (χ0) is 8.10. The van der Waals surface area contributed by atoms with E-state index in [-0.39, 0.29) is 5.96 Å². The molecule has 5 nitrogen and oxygen atoms in total. The van der Waals surface area contributed by atoms with E-state index in [0.717, 1.165) is 5.69 Å². The van der Waals surface area contributed by atoms with E-state index in [4.69, 9.17) is 11.5 Å². The van der Waals surface area contributed by atoms with Crippen molar-refractivity contribution in [2.24, 2.45) is 16.6 Å². The van der Waals surface area contributed by atoms with Gasteiger partial charge in [0.05, 0.1) is 0 Å². The SMILES string of the molecule is NC(N)=N/[NH+]=C/c1ccc[nH]1. The third-order valence-electron chi connectivity index (χ3n) is 1.04. The van der Waals surface area contributed by atoms with Gasteiger partial charge in [0.15, 0.2) is 0 Å². The lowest BCUT2D eigenvalue weighted by Gasteiger charge is -1.77. The van der Waals surface area contributed by atoms with E-state index in [1.807, 2.05) is 18.3 Å². The van der Waals surface area contributed by atoms with Crippen LogP contribution in [0.2, 0.25) is 0 Å². The lowest BCUT2D eigenvalue weighted by Crippen LogP contribution is -2.63. The Bertz CT molecular complexity index is 255. The maximum absolute atomic E-state index is 5.07. The van der Waals surface area contributed by atoms with Gasteiger partial charge in [-0.25, -0.2) is 0 Å². The summed E-state index contributed by atoms with van der Waals surface area (Å²) in [7, 11) is 0. The molecular formula is C6H10N5+. The molecule has 0 aromatic carbocycles. The minimum Gasteiger partial charge on any atom is -0.365 e. The largest absolute Gasteiger partial charge is 0.365 e. The molecule has 1 aromatic rings. The summed E-state index contributed by atoms with van der Waals surface area (Å²) in [6, 6.07) is 3.76. The van der Waals surface area contributed by atoms with E-state index in [2.05, 4.69) is 15.2 Å². The maximum Gasteiger partial charge on any atom is 0.256 e. The van der Waals surface area contributed by atoms with Crippen LogP contribution in [0.5, 0.6) is 0 Å². The van der Waals surface area contributed by atoms with E-state index >= 15 is 0 Å². The summed E-state index contributed by atoms with van der Waals surface area (Å²) >= 11 is 0. The normalized spacial score (nSPS) is 10.2.